The number of rotatable bonds is 5. The van der Waals surface area contributed by atoms with Crippen LogP contribution in [0.1, 0.15) is 31.9 Å². The third-order valence-corrected chi connectivity index (χ3v) is 2.43. The Hall–Kier alpha value is -1.00. The minimum Gasteiger partial charge on any atom is -0.385 e. The van der Waals surface area contributed by atoms with E-state index in [0.717, 1.165) is 12.1 Å². The Bertz CT molecular complexity index is 322. The highest BCUT2D eigenvalue weighted by Gasteiger charge is 2.25. The second-order valence-corrected chi connectivity index (χ2v) is 3.48. The van der Waals surface area contributed by atoms with Gasteiger partial charge in [-0.05, 0) is 25.5 Å². The smallest absolute Gasteiger partial charge is 0.132 e. The van der Waals surface area contributed by atoms with E-state index in [1.807, 2.05) is 0 Å². The fraction of sp³-hybridized carbons (Fsp3) is 0.500. The first-order valence-corrected chi connectivity index (χ1v) is 5.35. The lowest BCUT2D eigenvalue weighted by atomic mass is 10.0. The number of aliphatic hydroxyl groups is 1. The van der Waals surface area contributed by atoms with Crippen LogP contribution in [0, 0.1) is 11.6 Å². The largest absolute Gasteiger partial charge is 0.385 e. The zero-order chi connectivity index (χ0) is 12.1. The van der Waals surface area contributed by atoms with Crippen LogP contribution in [-0.2, 0) is 4.74 Å². The SMILES string of the molecule is CCOC(CC)C(O)c1c(F)cccc1F. The lowest BCUT2D eigenvalue weighted by molar-refractivity contribution is -0.0383. The van der Waals surface area contributed by atoms with Crippen molar-refractivity contribution in [3.63, 3.8) is 0 Å². The maximum absolute atomic E-state index is 13.4. The molecule has 4 heteroatoms. The summed E-state index contributed by atoms with van der Waals surface area (Å²) in [6.07, 6.45) is -1.37. The lowest BCUT2D eigenvalue weighted by Gasteiger charge is -2.22. The minimum atomic E-state index is -1.27. The predicted octanol–water partition coefficient (Wildman–Crippen LogP) is 2.81. The Kier molecular flexibility index (Phi) is 4.83. The molecule has 16 heavy (non-hydrogen) atoms. The van der Waals surface area contributed by atoms with Gasteiger partial charge in [-0.25, -0.2) is 8.78 Å². The van der Waals surface area contributed by atoms with Crippen LogP contribution in [0.4, 0.5) is 8.78 Å². The van der Waals surface area contributed by atoms with Gasteiger partial charge in [-0.2, -0.15) is 0 Å². The number of benzene rings is 1. The number of halogens is 2. The third kappa shape index (κ3) is 2.77. The van der Waals surface area contributed by atoms with E-state index < -0.39 is 23.8 Å². The molecular formula is C12H16F2O2. The molecule has 0 bridgehead atoms. The average Bonchev–Trinajstić information content (AvgIpc) is 2.25. The zero-order valence-electron chi connectivity index (χ0n) is 9.41. The maximum atomic E-state index is 13.4. The van der Waals surface area contributed by atoms with Gasteiger partial charge >= 0.3 is 0 Å². The first-order valence-electron chi connectivity index (χ1n) is 5.35. The van der Waals surface area contributed by atoms with Crippen molar-refractivity contribution in [3.05, 3.63) is 35.4 Å². The number of aliphatic hydroxyl groups excluding tert-OH is 1. The first kappa shape index (κ1) is 13.1. The van der Waals surface area contributed by atoms with Gasteiger partial charge in [-0.1, -0.05) is 13.0 Å². The lowest BCUT2D eigenvalue weighted by Crippen LogP contribution is -2.23. The van der Waals surface area contributed by atoms with Gasteiger partial charge in [0.15, 0.2) is 0 Å². The molecule has 0 spiro atoms. The maximum Gasteiger partial charge on any atom is 0.132 e. The highest BCUT2D eigenvalue weighted by atomic mass is 19.1. The predicted molar refractivity (Wildman–Crippen MR) is 57.0 cm³/mol. The average molecular weight is 230 g/mol. The molecule has 0 aliphatic carbocycles. The highest BCUT2D eigenvalue weighted by molar-refractivity contribution is 5.22. The van der Waals surface area contributed by atoms with Crippen LogP contribution < -0.4 is 0 Å². The molecule has 0 saturated carbocycles. The van der Waals surface area contributed by atoms with Gasteiger partial charge < -0.3 is 9.84 Å². The zero-order valence-corrected chi connectivity index (χ0v) is 9.41. The standard InChI is InChI=1S/C12H16F2O2/c1-3-10(16-4-2)12(15)11-8(13)6-5-7-9(11)14/h5-7,10,12,15H,3-4H2,1-2H3. The molecule has 0 aliphatic heterocycles. The molecule has 1 aromatic carbocycles. The Morgan fingerprint density at radius 1 is 1.25 bits per heavy atom. The Morgan fingerprint density at radius 3 is 2.25 bits per heavy atom. The Balaban J connectivity index is 2.98. The van der Waals surface area contributed by atoms with Crippen LogP contribution in [0.25, 0.3) is 0 Å². The molecule has 2 unspecified atom stereocenters. The number of hydrogen-bond donors (Lipinski definition) is 1. The summed E-state index contributed by atoms with van der Waals surface area (Å²) in [5.74, 6) is -1.49. The van der Waals surface area contributed by atoms with Gasteiger partial charge in [-0.3, -0.25) is 0 Å². The van der Waals surface area contributed by atoms with E-state index in [0.29, 0.717) is 13.0 Å². The molecule has 0 heterocycles. The van der Waals surface area contributed by atoms with E-state index in [2.05, 4.69) is 0 Å². The first-order chi connectivity index (χ1) is 7.61. The summed E-state index contributed by atoms with van der Waals surface area (Å²) in [7, 11) is 0. The van der Waals surface area contributed by atoms with E-state index in [1.165, 1.54) is 6.07 Å². The second-order valence-electron chi connectivity index (χ2n) is 3.48. The van der Waals surface area contributed by atoms with Gasteiger partial charge in [0, 0.05) is 6.61 Å². The summed E-state index contributed by atoms with van der Waals surface area (Å²) < 4.78 is 32.0. The van der Waals surface area contributed by atoms with Crippen molar-refractivity contribution in [2.75, 3.05) is 6.61 Å². The van der Waals surface area contributed by atoms with Gasteiger partial charge in [0.2, 0.25) is 0 Å². The molecule has 1 N–H and O–H groups in total. The van der Waals surface area contributed by atoms with E-state index in [9.17, 15) is 13.9 Å². The Morgan fingerprint density at radius 2 is 1.81 bits per heavy atom. The van der Waals surface area contributed by atoms with Gasteiger partial charge in [0.05, 0.1) is 11.7 Å². The highest BCUT2D eigenvalue weighted by Crippen LogP contribution is 2.26. The molecule has 0 fully saturated rings. The van der Waals surface area contributed by atoms with Crippen LogP contribution in [0.5, 0.6) is 0 Å². The van der Waals surface area contributed by atoms with E-state index in [-0.39, 0.29) is 5.56 Å². The fourth-order valence-corrected chi connectivity index (χ4v) is 1.63. The summed E-state index contributed by atoms with van der Waals surface area (Å²) in [4.78, 5) is 0. The van der Waals surface area contributed by atoms with Crippen molar-refractivity contribution in [1.29, 1.82) is 0 Å². The molecule has 0 amide bonds. The molecule has 0 aliphatic rings. The molecule has 2 nitrogen and oxygen atoms in total. The molecule has 2 atom stereocenters. The summed E-state index contributed by atoms with van der Waals surface area (Å²) in [5, 5.41) is 9.87. The summed E-state index contributed by atoms with van der Waals surface area (Å²) in [5.41, 5.74) is -0.317. The molecular weight excluding hydrogens is 214 g/mol. The van der Waals surface area contributed by atoms with Crippen molar-refractivity contribution in [2.24, 2.45) is 0 Å². The van der Waals surface area contributed by atoms with Gasteiger partial charge in [0.25, 0.3) is 0 Å². The van der Waals surface area contributed by atoms with Crippen molar-refractivity contribution in [1.82, 2.24) is 0 Å². The van der Waals surface area contributed by atoms with Crippen molar-refractivity contribution in [3.8, 4) is 0 Å². The number of ether oxygens (including phenoxy) is 1. The molecule has 0 aromatic heterocycles. The molecule has 1 rings (SSSR count). The monoisotopic (exact) mass is 230 g/mol. The number of hydrogen-bond acceptors (Lipinski definition) is 2. The summed E-state index contributed by atoms with van der Waals surface area (Å²) in [6.45, 7) is 3.96. The quantitative estimate of drug-likeness (QED) is 0.842. The van der Waals surface area contributed by atoms with Crippen molar-refractivity contribution >= 4 is 0 Å². The van der Waals surface area contributed by atoms with Crippen molar-refractivity contribution in [2.45, 2.75) is 32.5 Å². The van der Waals surface area contributed by atoms with E-state index >= 15 is 0 Å². The van der Waals surface area contributed by atoms with Crippen LogP contribution in [0.15, 0.2) is 18.2 Å². The molecule has 0 radical (unpaired) electrons. The third-order valence-electron chi connectivity index (χ3n) is 2.43. The van der Waals surface area contributed by atoms with Gasteiger partial charge in [-0.15, -0.1) is 0 Å². The van der Waals surface area contributed by atoms with Crippen molar-refractivity contribution < 1.29 is 18.6 Å². The summed E-state index contributed by atoms with van der Waals surface area (Å²) in [6, 6.07) is 3.52. The van der Waals surface area contributed by atoms with Crippen LogP contribution in [0.2, 0.25) is 0 Å². The normalized spacial score (nSPS) is 14.8. The minimum absolute atomic E-state index is 0.317. The molecule has 0 saturated heterocycles. The van der Waals surface area contributed by atoms with Gasteiger partial charge in [0.1, 0.15) is 17.7 Å². The fourth-order valence-electron chi connectivity index (χ4n) is 1.63. The van der Waals surface area contributed by atoms with E-state index in [4.69, 9.17) is 4.74 Å². The second kappa shape index (κ2) is 5.92. The summed E-state index contributed by atoms with van der Waals surface area (Å²) >= 11 is 0. The van der Waals surface area contributed by atoms with Crippen LogP contribution in [0.3, 0.4) is 0 Å². The molecule has 90 valence electrons. The van der Waals surface area contributed by atoms with E-state index in [1.54, 1.807) is 13.8 Å². The Labute approximate surface area is 93.9 Å². The molecule has 1 aromatic rings. The van der Waals surface area contributed by atoms with Crippen LogP contribution >= 0.6 is 0 Å². The topological polar surface area (TPSA) is 29.5 Å². The van der Waals surface area contributed by atoms with Crippen LogP contribution in [-0.4, -0.2) is 17.8 Å².